The van der Waals surface area contributed by atoms with E-state index in [9.17, 15) is 5.11 Å². The number of aliphatic hydroxyl groups excluding tert-OH is 1. The molecule has 29 heavy (non-hydrogen) atoms. The summed E-state index contributed by atoms with van der Waals surface area (Å²) in [5.74, 6) is -0.632. The molecule has 1 aliphatic heterocycles. The van der Waals surface area contributed by atoms with Crippen LogP contribution in [-0.4, -0.2) is 44.6 Å². The Morgan fingerprint density at radius 2 is 1.55 bits per heavy atom. The maximum atomic E-state index is 9.81. The number of aliphatic hydroxyl groups is 1. The van der Waals surface area contributed by atoms with Crippen molar-refractivity contribution in [1.29, 1.82) is 0 Å². The van der Waals surface area contributed by atoms with Gasteiger partial charge in [-0.05, 0) is 35.7 Å². The fraction of sp³-hybridized carbons (Fsp3) is 0.500. The van der Waals surface area contributed by atoms with E-state index in [1.807, 2.05) is 26.0 Å². The summed E-state index contributed by atoms with van der Waals surface area (Å²) in [6.07, 6.45) is 0.0427. The van der Waals surface area contributed by atoms with E-state index in [0.29, 0.717) is 13.0 Å². The fourth-order valence-corrected chi connectivity index (χ4v) is 9.00. The number of hydrogen-bond acceptors (Lipinski definition) is 4. The SMILES string of the molecule is CC1(C)OC[C@H]([C@H](CCO)O[Si](c2ccccc2)(c2ccccc2)C(C)(C)C)O1. The van der Waals surface area contributed by atoms with Gasteiger partial charge in [0, 0.05) is 6.61 Å². The zero-order chi connectivity index (χ0) is 21.1. The lowest BCUT2D eigenvalue weighted by atomic mass is 10.1. The lowest BCUT2D eigenvalue weighted by molar-refractivity contribution is -0.150. The van der Waals surface area contributed by atoms with Crippen LogP contribution in [-0.2, 0) is 13.9 Å². The zero-order valence-electron chi connectivity index (χ0n) is 18.2. The largest absolute Gasteiger partial charge is 0.402 e. The van der Waals surface area contributed by atoms with Gasteiger partial charge in [0.15, 0.2) is 5.79 Å². The summed E-state index contributed by atoms with van der Waals surface area (Å²) in [6.45, 7) is 11.1. The maximum Gasteiger partial charge on any atom is 0.261 e. The van der Waals surface area contributed by atoms with Crippen molar-refractivity contribution in [2.75, 3.05) is 13.2 Å². The normalized spacial score (nSPS) is 20.6. The van der Waals surface area contributed by atoms with E-state index in [1.54, 1.807) is 0 Å². The van der Waals surface area contributed by atoms with E-state index in [2.05, 4.69) is 69.3 Å². The Hall–Kier alpha value is -1.50. The van der Waals surface area contributed by atoms with E-state index in [0.717, 1.165) is 0 Å². The molecule has 0 saturated carbocycles. The van der Waals surface area contributed by atoms with Crippen molar-refractivity contribution in [3.05, 3.63) is 60.7 Å². The molecule has 0 radical (unpaired) electrons. The van der Waals surface area contributed by atoms with E-state index in [1.165, 1.54) is 10.4 Å². The topological polar surface area (TPSA) is 47.9 Å². The minimum absolute atomic E-state index is 0.0448. The molecule has 0 bridgehead atoms. The summed E-state index contributed by atoms with van der Waals surface area (Å²) in [7, 11) is -2.71. The van der Waals surface area contributed by atoms with Crippen molar-refractivity contribution in [1.82, 2.24) is 0 Å². The van der Waals surface area contributed by atoms with Gasteiger partial charge >= 0.3 is 0 Å². The first-order valence-electron chi connectivity index (χ1n) is 10.4. The summed E-state index contributed by atoms with van der Waals surface area (Å²) in [5.41, 5.74) is 0. The molecule has 1 heterocycles. The molecule has 2 atom stereocenters. The Bertz CT molecular complexity index is 731. The molecule has 5 heteroatoms. The van der Waals surface area contributed by atoms with Crippen LogP contribution < -0.4 is 10.4 Å². The molecule has 1 fully saturated rings. The predicted octanol–water partition coefficient (Wildman–Crippen LogP) is 3.47. The van der Waals surface area contributed by atoms with E-state index in [-0.39, 0.29) is 23.9 Å². The van der Waals surface area contributed by atoms with Crippen LogP contribution >= 0.6 is 0 Å². The Balaban J connectivity index is 2.11. The predicted molar refractivity (Wildman–Crippen MR) is 119 cm³/mol. The number of ether oxygens (including phenoxy) is 2. The molecule has 4 nitrogen and oxygen atoms in total. The van der Waals surface area contributed by atoms with E-state index < -0.39 is 14.1 Å². The minimum atomic E-state index is -2.71. The molecule has 0 spiro atoms. The molecule has 1 saturated heterocycles. The molecule has 2 aromatic carbocycles. The second-order valence-electron chi connectivity index (χ2n) is 9.20. The molecule has 3 rings (SSSR count). The molecule has 0 aromatic heterocycles. The Morgan fingerprint density at radius 1 is 1.03 bits per heavy atom. The molecular formula is C24H34O4Si. The second kappa shape index (κ2) is 8.70. The van der Waals surface area contributed by atoms with E-state index >= 15 is 0 Å². The highest BCUT2D eigenvalue weighted by atomic mass is 28.4. The minimum Gasteiger partial charge on any atom is -0.402 e. The molecule has 158 valence electrons. The summed E-state index contributed by atoms with van der Waals surface area (Å²) in [5, 5.41) is 12.1. The van der Waals surface area contributed by atoms with Crippen LogP contribution in [0.25, 0.3) is 0 Å². The van der Waals surface area contributed by atoms with Gasteiger partial charge in [-0.3, -0.25) is 0 Å². The third-order valence-corrected chi connectivity index (χ3v) is 10.7. The third kappa shape index (κ3) is 4.65. The van der Waals surface area contributed by atoms with Crippen LogP contribution in [0.1, 0.15) is 41.0 Å². The van der Waals surface area contributed by atoms with Crippen LogP contribution in [0.15, 0.2) is 60.7 Å². The second-order valence-corrected chi connectivity index (χ2v) is 13.5. The van der Waals surface area contributed by atoms with Crippen molar-refractivity contribution in [3.8, 4) is 0 Å². The third-order valence-electron chi connectivity index (χ3n) is 5.60. The van der Waals surface area contributed by atoms with Gasteiger partial charge in [-0.2, -0.15) is 0 Å². The van der Waals surface area contributed by atoms with Crippen LogP contribution in [0.2, 0.25) is 5.04 Å². The molecule has 1 N–H and O–H groups in total. The monoisotopic (exact) mass is 414 g/mol. The smallest absolute Gasteiger partial charge is 0.261 e. The molecule has 1 aliphatic rings. The molecule has 0 aliphatic carbocycles. The van der Waals surface area contributed by atoms with Crippen molar-refractivity contribution >= 4 is 18.7 Å². The van der Waals surface area contributed by atoms with Crippen molar-refractivity contribution in [2.24, 2.45) is 0 Å². The van der Waals surface area contributed by atoms with Gasteiger partial charge in [0.2, 0.25) is 0 Å². The Morgan fingerprint density at radius 3 is 1.93 bits per heavy atom. The highest BCUT2D eigenvalue weighted by molar-refractivity contribution is 6.99. The Kier molecular flexibility index (Phi) is 6.66. The van der Waals surface area contributed by atoms with Gasteiger partial charge in [0.1, 0.15) is 6.10 Å². The van der Waals surface area contributed by atoms with E-state index in [4.69, 9.17) is 13.9 Å². The Labute approximate surface area is 176 Å². The molecule has 0 amide bonds. The molecule has 2 aromatic rings. The van der Waals surface area contributed by atoms with Gasteiger partial charge in [0.05, 0.1) is 12.7 Å². The van der Waals surface area contributed by atoms with Gasteiger partial charge < -0.3 is 19.0 Å². The van der Waals surface area contributed by atoms with Crippen LogP contribution in [0.3, 0.4) is 0 Å². The first-order chi connectivity index (χ1) is 13.7. The highest BCUT2D eigenvalue weighted by Gasteiger charge is 2.53. The average Bonchev–Trinajstić information content (AvgIpc) is 3.05. The number of benzene rings is 2. The first-order valence-corrected chi connectivity index (χ1v) is 12.3. The standard InChI is InChI=1S/C24H34O4Si/c1-23(2,3)29(19-12-8-6-9-13-19,20-14-10-7-11-15-20)28-21(16-17-25)22-18-26-24(4,5)27-22/h6-15,21-22,25H,16-18H2,1-5H3/t21-,22+/m0/s1. The van der Waals surface area contributed by atoms with Gasteiger partial charge in [-0.25, -0.2) is 0 Å². The highest BCUT2D eigenvalue weighted by Crippen LogP contribution is 2.39. The summed E-state index contributed by atoms with van der Waals surface area (Å²) >= 11 is 0. The van der Waals surface area contributed by atoms with Crippen molar-refractivity contribution < 1.29 is 19.0 Å². The molecular weight excluding hydrogens is 380 g/mol. The lowest BCUT2D eigenvalue weighted by Crippen LogP contribution is -2.68. The zero-order valence-corrected chi connectivity index (χ0v) is 19.2. The van der Waals surface area contributed by atoms with Crippen molar-refractivity contribution in [2.45, 2.75) is 64.1 Å². The fourth-order valence-electron chi connectivity index (χ4n) is 4.26. The van der Waals surface area contributed by atoms with Gasteiger partial charge in [0.25, 0.3) is 8.32 Å². The summed E-state index contributed by atoms with van der Waals surface area (Å²) in [4.78, 5) is 0. The van der Waals surface area contributed by atoms with Gasteiger partial charge in [-0.15, -0.1) is 0 Å². The van der Waals surface area contributed by atoms with Crippen molar-refractivity contribution in [3.63, 3.8) is 0 Å². The molecule has 0 unspecified atom stereocenters. The van der Waals surface area contributed by atoms with Crippen LogP contribution in [0.5, 0.6) is 0 Å². The average molecular weight is 415 g/mol. The summed E-state index contributed by atoms with van der Waals surface area (Å²) < 4.78 is 19.1. The van der Waals surface area contributed by atoms with Crippen LogP contribution in [0.4, 0.5) is 0 Å². The first kappa shape index (κ1) is 22.2. The number of rotatable bonds is 7. The van der Waals surface area contributed by atoms with Crippen LogP contribution in [0, 0.1) is 0 Å². The quantitative estimate of drug-likeness (QED) is 0.705. The number of hydrogen-bond donors (Lipinski definition) is 1. The van der Waals surface area contributed by atoms with Gasteiger partial charge in [-0.1, -0.05) is 81.4 Å². The summed E-state index contributed by atoms with van der Waals surface area (Å²) in [6, 6.07) is 21.1. The maximum absolute atomic E-state index is 9.81. The lowest BCUT2D eigenvalue weighted by Gasteiger charge is -2.46.